The lowest BCUT2D eigenvalue weighted by atomic mass is 10.3. The molecule has 1 aliphatic rings. The lowest BCUT2D eigenvalue weighted by molar-refractivity contribution is 0.470. The molecule has 0 saturated heterocycles. The molecule has 0 aromatic heterocycles. The van der Waals surface area contributed by atoms with Crippen LogP contribution in [0.5, 0.6) is 0 Å². The maximum atomic E-state index is 4.17. The Balaban J connectivity index is 2.74. The van der Waals surface area contributed by atoms with Gasteiger partial charge in [0.2, 0.25) is 0 Å². The third-order valence-electron chi connectivity index (χ3n) is 1.54. The highest BCUT2D eigenvalue weighted by Crippen LogP contribution is 2.05. The van der Waals surface area contributed by atoms with Crippen LogP contribution >= 0.6 is 0 Å². The minimum atomic E-state index is 0.975. The van der Waals surface area contributed by atoms with E-state index in [1.54, 1.807) is 0 Å². The first-order chi connectivity index (χ1) is 4.20. The minimum Gasteiger partial charge on any atom is -0.371 e. The van der Waals surface area contributed by atoms with Gasteiger partial charge in [-0.3, -0.25) is 4.99 Å². The molecular weight excluding hydrogens is 112 g/mol. The third-order valence-corrected chi connectivity index (χ3v) is 1.54. The summed E-state index contributed by atoms with van der Waals surface area (Å²) in [5.41, 5.74) is 2.42. The largest absolute Gasteiger partial charge is 0.371 e. The van der Waals surface area contributed by atoms with Crippen LogP contribution in [0.2, 0.25) is 0 Å². The Kier molecular flexibility index (Phi) is 1.56. The number of rotatable bonds is 0. The van der Waals surface area contributed by atoms with Gasteiger partial charge >= 0.3 is 0 Å². The van der Waals surface area contributed by atoms with Crippen molar-refractivity contribution < 1.29 is 0 Å². The van der Waals surface area contributed by atoms with Crippen molar-refractivity contribution in [3.63, 3.8) is 0 Å². The standard InChI is InChI=1S/C7H12N2/c1-6-5-9(3)7(2)4-8-6/h4H,5H2,1-3H3. The molecule has 2 nitrogen and oxygen atoms in total. The molecule has 0 radical (unpaired) electrons. The van der Waals surface area contributed by atoms with Crippen molar-refractivity contribution in [2.75, 3.05) is 13.6 Å². The molecule has 9 heavy (non-hydrogen) atoms. The summed E-state index contributed by atoms with van der Waals surface area (Å²) in [7, 11) is 2.07. The maximum Gasteiger partial charge on any atom is 0.0554 e. The van der Waals surface area contributed by atoms with Gasteiger partial charge in [0, 0.05) is 24.7 Å². The number of aliphatic imine (C=N–C) groups is 1. The van der Waals surface area contributed by atoms with Gasteiger partial charge in [-0.05, 0) is 13.8 Å². The van der Waals surface area contributed by atoms with Gasteiger partial charge in [0.05, 0.1) is 6.54 Å². The van der Waals surface area contributed by atoms with Crippen molar-refractivity contribution in [3.05, 3.63) is 11.9 Å². The van der Waals surface area contributed by atoms with Crippen LogP contribution in [0.15, 0.2) is 16.9 Å². The zero-order valence-corrected chi connectivity index (χ0v) is 6.18. The number of nitrogens with zero attached hydrogens (tertiary/aromatic N) is 2. The van der Waals surface area contributed by atoms with Gasteiger partial charge in [0.1, 0.15) is 0 Å². The van der Waals surface area contributed by atoms with Crippen LogP contribution in [0, 0.1) is 0 Å². The van der Waals surface area contributed by atoms with Crippen LogP contribution in [0.25, 0.3) is 0 Å². The fourth-order valence-electron chi connectivity index (χ4n) is 0.811. The van der Waals surface area contributed by atoms with E-state index < -0.39 is 0 Å². The second-order valence-corrected chi connectivity index (χ2v) is 2.49. The highest BCUT2D eigenvalue weighted by Gasteiger charge is 2.03. The Morgan fingerprint density at radius 3 is 2.67 bits per heavy atom. The molecule has 0 aromatic carbocycles. The van der Waals surface area contributed by atoms with Crippen molar-refractivity contribution in [2.24, 2.45) is 4.99 Å². The van der Waals surface area contributed by atoms with Crippen LogP contribution in [0.4, 0.5) is 0 Å². The Morgan fingerprint density at radius 2 is 2.22 bits per heavy atom. The normalized spacial score (nSPS) is 19.2. The molecule has 2 heteroatoms. The minimum absolute atomic E-state index is 0.975. The molecule has 0 saturated carbocycles. The van der Waals surface area contributed by atoms with Crippen molar-refractivity contribution in [1.29, 1.82) is 0 Å². The molecule has 0 unspecified atom stereocenters. The van der Waals surface area contributed by atoms with Crippen LogP contribution in [0.1, 0.15) is 13.8 Å². The smallest absolute Gasteiger partial charge is 0.0554 e. The van der Waals surface area contributed by atoms with Gasteiger partial charge in [-0.25, -0.2) is 0 Å². The fourth-order valence-corrected chi connectivity index (χ4v) is 0.811. The summed E-state index contributed by atoms with van der Waals surface area (Å²) >= 11 is 0. The highest BCUT2D eigenvalue weighted by atomic mass is 15.1. The zero-order valence-electron chi connectivity index (χ0n) is 6.18. The average molecular weight is 124 g/mol. The van der Waals surface area contributed by atoms with Crippen LogP contribution in [-0.4, -0.2) is 24.2 Å². The highest BCUT2D eigenvalue weighted by molar-refractivity contribution is 5.85. The monoisotopic (exact) mass is 124 g/mol. The predicted molar refractivity (Wildman–Crippen MR) is 39.5 cm³/mol. The molecule has 0 amide bonds. The lowest BCUT2D eigenvalue weighted by Gasteiger charge is -2.21. The van der Waals surface area contributed by atoms with Crippen molar-refractivity contribution in [1.82, 2.24) is 4.90 Å². The van der Waals surface area contributed by atoms with E-state index in [9.17, 15) is 0 Å². The number of allylic oxidation sites excluding steroid dienone is 1. The number of hydrogen-bond donors (Lipinski definition) is 0. The van der Waals surface area contributed by atoms with Crippen molar-refractivity contribution in [3.8, 4) is 0 Å². The summed E-state index contributed by atoms with van der Waals surface area (Å²) < 4.78 is 0. The molecule has 0 bridgehead atoms. The molecule has 0 aliphatic carbocycles. The third kappa shape index (κ3) is 1.31. The molecule has 1 rings (SSSR count). The summed E-state index contributed by atoms with van der Waals surface area (Å²) in [5.74, 6) is 0. The quantitative estimate of drug-likeness (QED) is 0.474. The topological polar surface area (TPSA) is 15.6 Å². The molecule has 1 heterocycles. The van der Waals surface area contributed by atoms with Crippen molar-refractivity contribution in [2.45, 2.75) is 13.8 Å². The zero-order chi connectivity index (χ0) is 6.85. The van der Waals surface area contributed by atoms with Gasteiger partial charge in [0.25, 0.3) is 0 Å². The molecule has 0 aromatic rings. The molecule has 0 fully saturated rings. The Morgan fingerprint density at radius 1 is 1.56 bits per heavy atom. The van der Waals surface area contributed by atoms with Crippen molar-refractivity contribution >= 4 is 5.71 Å². The summed E-state index contributed by atoms with van der Waals surface area (Å²) in [5, 5.41) is 0. The molecule has 1 aliphatic heterocycles. The molecule has 0 spiro atoms. The van der Waals surface area contributed by atoms with E-state index in [2.05, 4.69) is 23.9 Å². The SMILES string of the molecule is CC1=CN=C(C)CN1C. The van der Waals surface area contributed by atoms with E-state index in [1.165, 1.54) is 11.4 Å². The average Bonchev–Trinajstić information content (AvgIpc) is 1.80. The van der Waals surface area contributed by atoms with E-state index in [1.807, 2.05) is 13.1 Å². The first-order valence-electron chi connectivity index (χ1n) is 3.11. The van der Waals surface area contributed by atoms with Gasteiger partial charge in [-0.1, -0.05) is 0 Å². The second-order valence-electron chi connectivity index (χ2n) is 2.49. The lowest BCUT2D eigenvalue weighted by Crippen LogP contribution is -2.25. The Labute approximate surface area is 55.9 Å². The maximum absolute atomic E-state index is 4.17. The van der Waals surface area contributed by atoms with E-state index in [-0.39, 0.29) is 0 Å². The predicted octanol–water partition coefficient (Wildman–Crippen LogP) is 1.25. The van der Waals surface area contributed by atoms with Gasteiger partial charge in [0.15, 0.2) is 0 Å². The van der Waals surface area contributed by atoms with E-state index in [0.29, 0.717) is 0 Å². The van der Waals surface area contributed by atoms with Gasteiger partial charge in [-0.2, -0.15) is 0 Å². The van der Waals surface area contributed by atoms with Crippen LogP contribution < -0.4 is 0 Å². The molecule has 0 atom stereocenters. The van der Waals surface area contributed by atoms with Gasteiger partial charge < -0.3 is 4.90 Å². The first kappa shape index (κ1) is 6.33. The summed E-state index contributed by atoms with van der Waals surface area (Å²) in [4.78, 5) is 6.36. The van der Waals surface area contributed by atoms with E-state index in [4.69, 9.17) is 0 Å². The van der Waals surface area contributed by atoms with Gasteiger partial charge in [-0.15, -0.1) is 0 Å². The first-order valence-corrected chi connectivity index (χ1v) is 3.11. The Hall–Kier alpha value is -0.790. The van der Waals surface area contributed by atoms with E-state index in [0.717, 1.165) is 6.54 Å². The van der Waals surface area contributed by atoms with Crippen LogP contribution in [0.3, 0.4) is 0 Å². The van der Waals surface area contributed by atoms with Crippen LogP contribution in [-0.2, 0) is 0 Å². The second kappa shape index (κ2) is 2.21. The summed E-state index contributed by atoms with van der Waals surface area (Å²) in [6.45, 7) is 5.08. The molecule has 0 N–H and O–H groups in total. The Bertz CT molecular complexity index is 168. The number of hydrogen-bond acceptors (Lipinski definition) is 2. The summed E-state index contributed by atoms with van der Waals surface area (Å²) in [6, 6.07) is 0. The summed E-state index contributed by atoms with van der Waals surface area (Å²) in [6.07, 6.45) is 1.90. The fraction of sp³-hybridized carbons (Fsp3) is 0.571. The van der Waals surface area contributed by atoms with E-state index >= 15 is 0 Å². The molecular formula is C7H12N2. The molecule has 50 valence electrons.